The lowest BCUT2D eigenvalue weighted by molar-refractivity contribution is 0.590. The molecule has 114 valence electrons. The zero-order chi connectivity index (χ0) is 15.6. The lowest BCUT2D eigenvalue weighted by atomic mass is 10.4. The molecule has 0 aliphatic rings. The Labute approximate surface area is 128 Å². The van der Waals surface area contributed by atoms with Crippen molar-refractivity contribution in [2.45, 2.75) is 11.4 Å². The van der Waals surface area contributed by atoms with Gasteiger partial charge in [-0.2, -0.15) is 0 Å². The van der Waals surface area contributed by atoms with Crippen LogP contribution in [0.15, 0.2) is 47.9 Å². The third-order valence-corrected chi connectivity index (χ3v) is 5.06. The van der Waals surface area contributed by atoms with E-state index in [1.165, 1.54) is 6.33 Å². The smallest absolute Gasteiger partial charge is 0.182 e. The lowest BCUT2D eigenvalue weighted by Crippen LogP contribution is -2.13. The third kappa shape index (κ3) is 2.64. The van der Waals surface area contributed by atoms with Crippen LogP contribution in [0.3, 0.4) is 0 Å². The molecule has 0 bridgehead atoms. The van der Waals surface area contributed by atoms with Gasteiger partial charge in [-0.1, -0.05) is 18.2 Å². The lowest BCUT2D eigenvalue weighted by Gasteiger charge is -2.08. The van der Waals surface area contributed by atoms with Gasteiger partial charge in [-0.05, 0) is 12.1 Å². The number of hydrogen-bond donors (Lipinski definition) is 1. The van der Waals surface area contributed by atoms with Gasteiger partial charge in [0.05, 0.1) is 17.0 Å². The fourth-order valence-electron chi connectivity index (χ4n) is 2.23. The van der Waals surface area contributed by atoms with E-state index in [0.29, 0.717) is 21.9 Å². The monoisotopic (exact) mass is 317 g/mol. The summed E-state index contributed by atoms with van der Waals surface area (Å²) in [5, 5.41) is 2.96. The summed E-state index contributed by atoms with van der Waals surface area (Å²) in [6.07, 6.45) is 3.01. The molecule has 0 spiro atoms. The molecule has 1 aromatic carbocycles. The summed E-state index contributed by atoms with van der Waals surface area (Å²) >= 11 is 0. The molecule has 0 aliphatic carbocycles. The van der Waals surface area contributed by atoms with Crippen molar-refractivity contribution in [3.8, 4) is 0 Å². The van der Waals surface area contributed by atoms with Crippen molar-refractivity contribution in [1.82, 2.24) is 19.5 Å². The van der Waals surface area contributed by atoms with Crippen molar-refractivity contribution in [3.63, 3.8) is 0 Å². The first kappa shape index (κ1) is 14.5. The van der Waals surface area contributed by atoms with Gasteiger partial charge in [0.1, 0.15) is 11.8 Å². The molecule has 0 aliphatic heterocycles. The van der Waals surface area contributed by atoms with Gasteiger partial charge in [-0.3, -0.25) is 0 Å². The number of hydrogen-bond acceptors (Lipinski definition) is 6. The Hall–Kier alpha value is -2.48. The molecule has 2 heterocycles. The SMILES string of the molecule is CNc1ncnc2ncn(CCS(=O)(=O)c3ccccc3)c12. The molecule has 22 heavy (non-hydrogen) atoms. The number of rotatable bonds is 5. The van der Waals surface area contributed by atoms with E-state index in [9.17, 15) is 8.42 Å². The maximum absolute atomic E-state index is 12.3. The van der Waals surface area contributed by atoms with E-state index in [2.05, 4.69) is 20.3 Å². The molecule has 0 saturated carbocycles. The summed E-state index contributed by atoms with van der Waals surface area (Å²) in [6.45, 7) is 0.287. The topological polar surface area (TPSA) is 89.8 Å². The second-order valence-corrected chi connectivity index (χ2v) is 6.82. The fraction of sp³-hybridized carbons (Fsp3) is 0.214. The van der Waals surface area contributed by atoms with Crippen molar-refractivity contribution in [2.24, 2.45) is 0 Å². The minimum Gasteiger partial charge on any atom is -0.371 e. The molecular weight excluding hydrogens is 302 g/mol. The van der Waals surface area contributed by atoms with Gasteiger partial charge in [0.25, 0.3) is 0 Å². The first-order chi connectivity index (χ1) is 10.6. The van der Waals surface area contributed by atoms with Crippen LogP contribution >= 0.6 is 0 Å². The van der Waals surface area contributed by atoms with Crippen molar-refractivity contribution in [1.29, 1.82) is 0 Å². The van der Waals surface area contributed by atoms with Gasteiger partial charge in [-0.25, -0.2) is 23.4 Å². The van der Waals surface area contributed by atoms with E-state index in [0.717, 1.165) is 0 Å². The van der Waals surface area contributed by atoms with Gasteiger partial charge in [-0.15, -0.1) is 0 Å². The molecule has 0 radical (unpaired) electrons. The van der Waals surface area contributed by atoms with Gasteiger partial charge < -0.3 is 9.88 Å². The highest BCUT2D eigenvalue weighted by Crippen LogP contribution is 2.18. The number of sulfone groups is 1. The fourth-order valence-corrected chi connectivity index (χ4v) is 3.47. The molecular formula is C14H15N5O2S. The number of anilines is 1. The second-order valence-electron chi connectivity index (χ2n) is 4.71. The van der Waals surface area contributed by atoms with E-state index in [4.69, 9.17) is 0 Å². The maximum atomic E-state index is 12.3. The Kier molecular flexibility index (Phi) is 3.76. The highest BCUT2D eigenvalue weighted by molar-refractivity contribution is 7.91. The summed E-state index contributed by atoms with van der Waals surface area (Å²) < 4.78 is 26.4. The molecule has 1 N–H and O–H groups in total. The average Bonchev–Trinajstić information content (AvgIpc) is 2.97. The zero-order valence-electron chi connectivity index (χ0n) is 12.0. The van der Waals surface area contributed by atoms with Crippen LogP contribution in [0.2, 0.25) is 0 Å². The molecule has 0 unspecified atom stereocenters. The maximum Gasteiger partial charge on any atom is 0.182 e. The highest BCUT2D eigenvalue weighted by Gasteiger charge is 2.16. The van der Waals surface area contributed by atoms with Crippen LogP contribution in [0.1, 0.15) is 0 Å². The van der Waals surface area contributed by atoms with E-state index in [1.54, 1.807) is 48.3 Å². The van der Waals surface area contributed by atoms with Crippen LogP contribution < -0.4 is 5.32 Å². The van der Waals surface area contributed by atoms with E-state index in [1.807, 2.05) is 0 Å². The average molecular weight is 317 g/mol. The molecule has 3 aromatic rings. The number of aromatic nitrogens is 4. The standard InChI is InChI=1S/C14H15N5O2S/c1-15-13-12-14(17-9-16-13)18-10-19(12)7-8-22(20,21)11-5-3-2-4-6-11/h2-6,9-10H,7-8H2,1H3,(H,15,16,17). The van der Waals surface area contributed by atoms with Crippen LogP contribution in [0.25, 0.3) is 11.2 Å². The first-order valence-corrected chi connectivity index (χ1v) is 8.38. The Bertz CT molecular complexity index is 890. The van der Waals surface area contributed by atoms with Crippen molar-refractivity contribution in [2.75, 3.05) is 18.1 Å². The van der Waals surface area contributed by atoms with E-state index in [-0.39, 0.29) is 12.3 Å². The summed E-state index contributed by atoms with van der Waals surface area (Å²) in [4.78, 5) is 12.7. The zero-order valence-corrected chi connectivity index (χ0v) is 12.8. The van der Waals surface area contributed by atoms with E-state index >= 15 is 0 Å². The third-order valence-electron chi connectivity index (χ3n) is 3.35. The minimum absolute atomic E-state index is 0.0134. The number of nitrogens with one attached hydrogen (secondary N) is 1. The predicted molar refractivity (Wildman–Crippen MR) is 83.4 cm³/mol. The summed E-state index contributed by atoms with van der Waals surface area (Å²) in [6, 6.07) is 8.42. The van der Waals surface area contributed by atoms with Crippen LogP contribution in [0.4, 0.5) is 5.82 Å². The van der Waals surface area contributed by atoms with Gasteiger partial charge >= 0.3 is 0 Å². The molecule has 8 heteroatoms. The molecule has 0 amide bonds. The minimum atomic E-state index is -3.33. The quantitative estimate of drug-likeness (QED) is 0.764. The van der Waals surface area contributed by atoms with Gasteiger partial charge in [0.15, 0.2) is 21.3 Å². The molecule has 3 rings (SSSR count). The predicted octanol–water partition coefficient (Wildman–Crippen LogP) is 1.34. The van der Waals surface area contributed by atoms with Crippen LogP contribution in [0.5, 0.6) is 0 Å². The van der Waals surface area contributed by atoms with Crippen LogP contribution in [-0.4, -0.2) is 40.7 Å². The molecule has 2 aromatic heterocycles. The summed E-state index contributed by atoms with van der Waals surface area (Å²) in [5.41, 5.74) is 1.24. The van der Waals surface area contributed by atoms with Gasteiger partial charge in [0, 0.05) is 13.6 Å². The molecule has 0 fully saturated rings. The number of benzene rings is 1. The van der Waals surface area contributed by atoms with Crippen molar-refractivity contribution >= 4 is 26.8 Å². The number of fused-ring (bicyclic) bond motifs is 1. The van der Waals surface area contributed by atoms with Crippen LogP contribution in [0, 0.1) is 0 Å². The largest absolute Gasteiger partial charge is 0.371 e. The molecule has 0 saturated heterocycles. The van der Waals surface area contributed by atoms with Crippen LogP contribution in [-0.2, 0) is 16.4 Å². The van der Waals surface area contributed by atoms with E-state index < -0.39 is 9.84 Å². The number of imidazole rings is 1. The summed E-state index contributed by atoms with van der Waals surface area (Å²) in [5.74, 6) is 0.611. The Morgan fingerprint density at radius 2 is 1.91 bits per heavy atom. The molecule has 7 nitrogen and oxygen atoms in total. The Balaban J connectivity index is 1.89. The summed E-state index contributed by atoms with van der Waals surface area (Å²) in [7, 11) is -1.58. The molecule has 0 atom stereocenters. The second kappa shape index (κ2) is 5.72. The van der Waals surface area contributed by atoms with Crippen molar-refractivity contribution < 1.29 is 8.42 Å². The number of nitrogens with zero attached hydrogens (tertiary/aromatic N) is 4. The highest BCUT2D eigenvalue weighted by atomic mass is 32.2. The Morgan fingerprint density at radius 1 is 1.14 bits per heavy atom. The Morgan fingerprint density at radius 3 is 2.64 bits per heavy atom. The normalized spacial score (nSPS) is 11.7. The number of aryl methyl sites for hydroxylation is 1. The van der Waals surface area contributed by atoms with Gasteiger partial charge in [0.2, 0.25) is 0 Å². The first-order valence-electron chi connectivity index (χ1n) is 6.73. The van der Waals surface area contributed by atoms with Crippen molar-refractivity contribution in [3.05, 3.63) is 43.0 Å².